The highest BCUT2D eigenvalue weighted by Gasteiger charge is 2.06. The highest BCUT2D eigenvalue weighted by molar-refractivity contribution is 7.87. The standard InChI is InChI=1S/C26H18N4O3S/c1-28-20-10-14-24(15-11-20)33-26-7-3-5-22(17-26)30-34(31)29-21-4-2-6-25(16-21)32-23-12-8-19(18-27)9-13-23/h2-17,29-30H. The molecule has 8 heteroatoms. The molecule has 0 saturated heterocycles. The third-order valence-electron chi connectivity index (χ3n) is 4.51. The normalized spacial score (nSPS) is 10.9. The summed E-state index contributed by atoms with van der Waals surface area (Å²) in [4.78, 5) is 3.36. The van der Waals surface area contributed by atoms with Crippen LogP contribution in [0.1, 0.15) is 5.56 Å². The van der Waals surface area contributed by atoms with E-state index in [9.17, 15) is 4.21 Å². The predicted octanol–water partition coefficient (Wildman–Crippen LogP) is 6.80. The van der Waals surface area contributed by atoms with Crippen molar-refractivity contribution in [2.75, 3.05) is 9.44 Å². The van der Waals surface area contributed by atoms with Gasteiger partial charge in [0, 0.05) is 12.1 Å². The summed E-state index contributed by atoms with van der Waals surface area (Å²) in [5.74, 6) is 2.32. The lowest BCUT2D eigenvalue weighted by atomic mass is 10.2. The fourth-order valence-electron chi connectivity index (χ4n) is 2.94. The fourth-order valence-corrected chi connectivity index (χ4v) is 3.68. The Morgan fingerprint density at radius 1 is 0.735 bits per heavy atom. The number of hydrogen-bond donors (Lipinski definition) is 2. The average Bonchev–Trinajstić information content (AvgIpc) is 2.85. The van der Waals surface area contributed by atoms with Gasteiger partial charge in [-0.05, 0) is 60.7 Å². The SMILES string of the molecule is [C-]#[N+]c1ccc(Oc2cccc(NS(=O)Nc3cccc(Oc4ccc(C#N)cc4)c3)c2)cc1. The lowest BCUT2D eigenvalue weighted by Crippen LogP contribution is -2.13. The van der Waals surface area contributed by atoms with Crippen LogP contribution in [0.2, 0.25) is 0 Å². The first kappa shape index (κ1) is 22.4. The molecule has 4 rings (SSSR count). The summed E-state index contributed by atoms with van der Waals surface area (Å²) in [7, 11) is 0. The van der Waals surface area contributed by atoms with Gasteiger partial charge in [-0.1, -0.05) is 24.3 Å². The van der Waals surface area contributed by atoms with Gasteiger partial charge in [0.25, 0.3) is 0 Å². The quantitative estimate of drug-likeness (QED) is 0.280. The van der Waals surface area contributed by atoms with Crippen molar-refractivity contribution in [2.45, 2.75) is 0 Å². The van der Waals surface area contributed by atoms with Crippen LogP contribution in [0.3, 0.4) is 0 Å². The molecule has 2 N–H and O–H groups in total. The molecule has 166 valence electrons. The highest BCUT2D eigenvalue weighted by atomic mass is 32.2. The summed E-state index contributed by atoms with van der Waals surface area (Å²) in [5.41, 5.74) is 2.29. The van der Waals surface area contributed by atoms with Crippen molar-refractivity contribution in [2.24, 2.45) is 0 Å². The van der Waals surface area contributed by atoms with Crippen LogP contribution in [0.25, 0.3) is 4.85 Å². The van der Waals surface area contributed by atoms with Crippen LogP contribution in [0, 0.1) is 17.9 Å². The molecule has 0 saturated carbocycles. The molecule has 0 aromatic heterocycles. The summed E-state index contributed by atoms with van der Waals surface area (Å²) < 4.78 is 30.0. The van der Waals surface area contributed by atoms with Gasteiger partial charge < -0.3 is 9.47 Å². The lowest BCUT2D eigenvalue weighted by Gasteiger charge is -2.12. The van der Waals surface area contributed by atoms with Gasteiger partial charge in [-0.2, -0.15) is 5.26 Å². The summed E-state index contributed by atoms with van der Waals surface area (Å²) in [6.07, 6.45) is 0. The number of nitrogens with one attached hydrogen (secondary N) is 2. The molecule has 0 aliphatic carbocycles. The van der Waals surface area contributed by atoms with Crippen LogP contribution in [0.15, 0.2) is 97.1 Å². The zero-order valence-corrected chi connectivity index (χ0v) is 18.6. The third-order valence-corrected chi connectivity index (χ3v) is 5.35. The van der Waals surface area contributed by atoms with E-state index in [0.29, 0.717) is 45.6 Å². The Hall–Kier alpha value is -4.79. The van der Waals surface area contributed by atoms with Crippen molar-refractivity contribution in [3.8, 4) is 29.1 Å². The van der Waals surface area contributed by atoms with Gasteiger partial charge in [0.1, 0.15) is 23.0 Å². The van der Waals surface area contributed by atoms with E-state index in [1.807, 2.05) is 0 Å². The minimum Gasteiger partial charge on any atom is -0.457 e. The van der Waals surface area contributed by atoms with Crippen molar-refractivity contribution >= 4 is 28.2 Å². The van der Waals surface area contributed by atoms with Crippen molar-refractivity contribution < 1.29 is 13.7 Å². The maximum absolute atomic E-state index is 12.6. The van der Waals surface area contributed by atoms with E-state index >= 15 is 0 Å². The van der Waals surface area contributed by atoms with Crippen LogP contribution < -0.4 is 18.9 Å². The fraction of sp³-hybridized carbons (Fsp3) is 0. The molecule has 1 atom stereocenters. The molecule has 0 aliphatic rings. The number of nitriles is 1. The monoisotopic (exact) mass is 466 g/mol. The van der Waals surface area contributed by atoms with Crippen LogP contribution in [0.5, 0.6) is 23.0 Å². The zero-order valence-electron chi connectivity index (χ0n) is 17.8. The van der Waals surface area contributed by atoms with Crippen LogP contribution in [0.4, 0.5) is 17.1 Å². The second-order valence-corrected chi connectivity index (χ2v) is 7.92. The van der Waals surface area contributed by atoms with Crippen molar-refractivity contribution in [1.29, 1.82) is 5.26 Å². The summed E-state index contributed by atoms with van der Waals surface area (Å²) in [6, 6.07) is 29.8. The second-order valence-electron chi connectivity index (χ2n) is 6.97. The maximum Gasteiger partial charge on any atom is 0.220 e. The summed E-state index contributed by atoms with van der Waals surface area (Å²) in [5, 5.41) is 8.89. The molecule has 0 heterocycles. The molecule has 0 bridgehead atoms. The molecule has 34 heavy (non-hydrogen) atoms. The van der Waals surface area contributed by atoms with Crippen molar-refractivity contribution in [1.82, 2.24) is 0 Å². The Kier molecular flexibility index (Phi) is 7.04. The molecular weight excluding hydrogens is 448 g/mol. The molecule has 0 amide bonds. The van der Waals surface area contributed by atoms with Crippen LogP contribution in [-0.2, 0) is 11.2 Å². The minimum absolute atomic E-state index is 0.538. The molecule has 7 nitrogen and oxygen atoms in total. The maximum atomic E-state index is 12.6. The average molecular weight is 467 g/mol. The first-order chi connectivity index (χ1) is 16.6. The first-order valence-corrected chi connectivity index (χ1v) is 11.2. The van der Waals surface area contributed by atoms with Crippen molar-refractivity contribution in [3.05, 3.63) is 114 Å². The number of nitrogens with zero attached hydrogens (tertiary/aromatic N) is 2. The van der Waals surface area contributed by atoms with E-state index in [-0.39, 0.29) is 0 Å². The molecule has 4 aromatic carbocycles. The number of rotatable bonds is 8. The van der Waals surface area contributed by atoms with Crippen LogP contribution >= 0.6 is 0 Å². The third kappa shape index (κ3) is 6.13. The molecule has 4 aromatic rings. The van der Waals surface area contributed by atoms with Gasteiger partial charge in [0.2, 0.25) is 11.2 Å². The van der Waals surface area contributed by atoms with Gasteiger partial charge in [-0.15, -0.1) is 0 Å². The highest BCUT2D eigenvalue weighted by Crippen LogP contribution is 2.27. The predicted molar refractivity (Wildman–Crippen MR) is 132 cm³/mol. The Labute approximate surface area is 199 Å². The van der Waals surface area contributed by atoms with E-state index in [0.717, 1.165) is 0 Å². The summed E-state index contributed by atoms with van der Waals surface area (Å²) in [6.45, 7) is 7.01. The molecule has 0 radical (unpaired) electrons. The van der Waals surface area contributed by atoms with E-state index in [1.165, 1.54) is 0 Å². The Bertz CT molecular complexity index is 1280. The van der Waals surface area contributed by atoms with E-state index < -0.39 is 11.2 Å². The first-order valence-electron chi connectivity index (χ1n) is 10.1. The van der Waals surface area contributed by atoms with E-state index in [4.69, 9.17) is 21.3 Å². The van der Waals surface area contributed by atoms with Gasteiger partial charge >= 0.3 is 0 Å². The van der Waals surface area contributed by atoms with Gasteiger partial charge in [-0.25, -0.2) is 9.05 Å². The molecule has 0 fully saturated rings. The molecule has 0 aliphatic heterocycles. The van der Waals surface area contributed by atoms with Gasteiger partial charge in [0.15, 0.2) is 5.69 Å². The number of anilines is 2. The number of benzene rings is 4. The molecule has 0 spiro atoms. The topological polar surface area (TPSA) is 87.7 Å². The lowest BCUT2D eigenvalue weighted by molar-refractivity contribution is 0.483. The molecule has 1 unspecified atom stereocenters. The Morgan fingerprint density at radius 3 is 1.71 bits per heavy atom. The molecular formula is C26H18N4O3S. The van der Waals surface area contributed by atoms with Gasteiger partial charge in [-0.3, -0.25) is 9.44 Å². The Morgan fingerprint density at radius 2 is 1.24 bits per heavy atom. The summed E-state index contributed by atoms with van der Waals surface area (Å²) >= 11 is -1.62. The smallest absolute Gasteiger partial charge is 0.220 e. The second kappa shape index (κ2) is 10.7. The van der Waals surface area contributed by atoms with Gasteiger partial charge in [0.05, 0.1) is 29.6 Å². The zero-order chi connectivity index (χ0) is 23.8. The van der Waals surface area contributed by atoms with Crippen LogP contribution in [-0.4, -0.2) is 4.21 Å². The Balaban J connectivity index is 1.37. The number of ether oxygens (including phenoxy) is 2. The minimum atomic E-state index is -1.62. The number of hydrogen-bond acceptors (Lipinski definition) is 4. The van der Waals surface area contributed by atoms with Crippen molar-refractivity contribution in [3.63, 3.8) is 0 Å². The van der Waals surface area contributed by atoms with E-state index in [1.54, 1.807) is 97.1 Å². The largest absolute Gasteiger partial charge is 0.457 e. The van der Waals surface area contributed by atoms with E-state index in [2.05, 4.69) is 20.4 Å².